The number of nitrogens with one attached hydrogen (secondary N) is 2. The van der Waals surface area contributed by atoms with Crippen molar-refractivity contribution in [3.8, 4) is 0 Å². The zero-order chi connectivity index (χ0) is 19.3. The van der Waals surface area contributed by atoms with Gasteiger partial charge in [-0.15, -0.1) is 0 Å². The summed E-state index contributed by atoms with van der Waals surface area (Å²) in [6.07, 6.45) is 0.890. The average Bonchev–Trinajstić information content (AvgIpc) is 2.96. The number of aryl methyl sites for hydroxylation is 1. The Bertz CT molecular complexity index is 890. The van der Waals surface area contributed by atoms with Crippen molar-refractivity contribution < 1.29 is 13.2 Å². The Kier molecular flexibility index (Phi) is 6.26. The van der Waals surface area contributed by atoms with Gasteiger partial charge in [-0.25, -0.2) is 13.1 Å². The third-order valence-corrected chi connectivity index (χ3v) is 6.20. The molecular weight excluding hydrogens is 362 g/mol. The number of hydrogen-bond donors (Lipinski definition) is 2. The van der Waals surface area contributed by atoms with E-state index in [0.29, 0.717) is 24.2 Å². The second kappa shape index (κ2) is 8.65. The molecule has 3 rings (SSSR count). The van der Waals surface area contributed by atoms with Crippen molar-refractivity contribution in [3.05, 3.63) is 65.2 Å². The molecule has 0 spiro atoms. The van der Waals surface area contributed by atoms with Gasteiger partial charge in [0.15, 0.2) is 0 Å². The Morgan fingerprint density at radius 1 is 1.11 bits per heavy atom. The van der Waals surface area contributed by atoms with Crippen LogP contribution in [0, 0.1) is 6.92 Å². The molecule has 0 aliphatic carbocycles. The fourth-order valence-corrected chi connectivity index (χ4v) is 4.39. The molecule has 1 aliphatic heterocycles. The second-order valence-electron chi connectivity index (χ2n) is 6.69. The highest BCUT2D eigenvalue weighted by Gasteiger charge is 2.22. The van der Waals surface area contributed by atoms with Crippen LogP contribution in [0.5, 0.6) is 0 Å². The number of carbonyl (C=O) groups is 1. The topological polar surface area (TPSA) is 78.5 Å². The number of rotatable bonds is 5. The van der Waals surface area contributed by atoms with Gasteiger partial charge in [-0.3, -0.25) is 4.79 Å². The lowest BCUT2D eigenvalue weighted by Crippen LogP contribution is -2.34. The standard InChI is InChI=1S/C20H25N3O3S/c1-16-8-9-18(20(24)23-12-5-10-21-11-13-23)14-19(16)27(25,26)22-15-17-6-3-2-4-7-17/h2-4,6-9,14,21-22H,5,10-13,15H2,1H3. The Hall–Kier alpha value is -2.22. The average molecular weight is 388 g/mol. The van der Waals surface area contributed by atoms with E-state index in [4.69, 9.17) is 0 Å². The Morgan fingerprint density at radius 2 is 1.89 bits per heavy atom. The van der Waals surface area contributed by atoms with Crippen molar-refractivity contribution in [1.29, 1.82) is 0 Å². The van der Waals surface area contributed by atoms with E-state index in [-0.39, 0.29) is 17.3 Å². The van der Waals surface area contributed by atoms with Gasteiger partial charge >= 0.3 is 0 Å². The third-order valence-electron chi connectivity index (χ3n) is 4.66. The van der Waals surface area contributed by atoms with Gasteiger partial charge in [0.1, 0.15) is 0 Å². The van der Waals surface area contributed by atoms with Crippen molar-refractivity contribution in [1.82, 2.24) is 14.9 Å². The van der Waals surface area contributed by atoms with Crippen LogP contribution in [0.3, 0.4) is 0 Å². The lowest BCUT2D eigenvalue weighted by atomic mass is 10.1. The molecule has 0 bridgehead atoms. The molecule has 144 valence electrons. The molecule has 1 heterocycles. The minimum absolute atomic E-state index is 0.127. The summed E-state index contributed by atoms with van der Waals surface area (Å²) in [5.74, 6) is -0.127. The van der Waals surface area contributed by atoms with E-state index in [2.05, 4.69) is 10.0 Å². The number of amides is 1. The summed E-state index contributed by atoms with van der Waals surface area (Å²) in [6.45, 7) is 4.89. The molecule has 27 heavy (non-hydrogen) atoms. The molecule has 1 amide bonds. The minimum Gasteiger partial charge on any atom is -0.337 e. The lowest BCUT2D eigenvalue weighted by Gasteiger charge is -2.20. The van der Waals surface area contributed by atoms with Crippen molar-refractivity contribution in [3.63, 3.8) is 0 Å². The first kappa shape index (κ1) is 19.5. The van der Waals surface area contributed by atoms with Crippen LogP contribution >= 0.6 is 0 Å². The summed E-state index contributed by atoms with van der Waals surface area (Å²) < 4.78 is 28.2. The number of nitrogens with zero attached hydrogens (tertiary/aromatic N) is 1. The molecule has 1 fully saturated rings. The van der Waals surface area contributed by atoms with E-state index in [1.165, 1.54) is 6.07 Å². The maximum absolute atomic E-state index is 12.8. The summed E-state index contributed by atoms with van der Waals surface area (Å²) in [5, 5.41) is 3.26. The zero-order valence-corrected chi connectivity index (χ0v) is 16.3. The van der Waals surface area contributed by atoms with Gasteiger partial charge in [-0.2, -0.15) is 0 Å². The van der Waals surface area contributed by atoms with Gasteiger partial charge in [-0.1, -0.05) is 36.4 Å². The fourth-order valence-electron chi connectivity index (χ4n) is 3.11. The molecule has 7 heteroatoms. The third kappa shape index (κ3) is 4.94. The summed E-state index contributed by atoms with van der Waals surface area (Å²) in [5.41, 5.74) is 1.90. The molecule has 0 aromatic heterocycles. The second-order valence-corrected chi connectivity index (χ2v) is 8.42. The maximum atomic E-state index is 12.8. The summed E-state index contributed by atoms with van der Waals surface area (Å²) >= 11 is 0. The SMILES string of the molecule is Cc1ccc(C(=O)N2CCCNCC2)cc1S(=O)(=O)NCc1ccccc1. The molecule has 1 saturated heterocycles. The van der Waals surface area contributed by atoms with Crippen molar-refractivity contribution in [2.24, 2.45) is 0 Å². The first-order valence-electron chi connectivity index (χ1n) is 9.11. The molecule has 2 aromatic rings. The first-order valence-corrected chi connectivity index (χ1v) is 10.6. The Labute approximate surface area is 160 Å². The number of benzene rings is 2. The predicted octanol–water partition coefficient (Wildman–Crippen LogP) is 1.91. The molecule has 0 atom stereocenters. The number of hydrogen-bond acceptors (Lipinski definition) is 4. The fraction of sp³-hybridized carbons (Fsp3) is 0.350. The van der Waals surface area contributed by atoms with Crippen LogP contribution in [0.25, 0.3) is 0 Å². The monoisotopic (exact) mass is 387 g/mol. The quantitative estimate of drug-likeness (QED) is 0.822. The Balaban J connectivity index is 1.80. The van der Waals surface area contributed by atoms with Gasteiger partial charge < -0.3 is 10.2 Å². The van der Waals surface area contributed by atoms with E-state index < -0.39 is 10.0 Å². The predicted molar refractivity (Wildman–Crippen MR) is 105 cm³/mol. The van der Waals surface area contributed by atoms with Gasteiger partial charge in [0.2, 0.25) is 10.0 Å². The van der Waals surface area contributed by atoms with E-state index in [1.807, 2.05) is 30.3 Å². The number of carbonyl (C=O) groups excluding carboxylic acids is 1. The van der Waals surface area contributed by atoms with Crippen LogP contribution in [0.1, 0.15) is 27.9 Å². The summed E-state index contributed by atoms with van der Waals surface area (Å²) in [7, 11) is -3.72. The van der Waals surface area contributed by atoms with Crippen molar-refractivity contribution >= 4 is 15.9 Å². The first-order chi connectivity index (χ1) is 13.0. The molecule has 0 unspecified atom stereocenters. The molecule has 2 aromatic carbocycles. The van der Waals surface area contributed by atoms with E-state index in [9.17, 15) is 13.2 Å². The summed E-state index contributed by atoms with van der Waals surface area (Å²) in [6, 6.07) is 14.2. The van der Waals surface area contributed by atoms with E-state index in [0.717, 1.165) is 25.1 Å². The van der Waals surface area contributed by atoms with Crippen LogP contribution in [0.15, 0.2) is 53.4 Å². The highest BCUT2D eigenvalue weighted by molar-refractivity contribution is 7.89. The lowest BCUT2D eigenvalue weighted by molar-refractivity contribution is 0.0766. The molecule has 6 nitrogen and oxygen atoms in total. The number of sulfonamides is 1. The summed E-state index contributed by atoms with van der Waals surface area (Å²) in [4.78, 5) is 14.7. The van der Waals surface area contributed by atoms with Crippen LogP contribution in [0.2, 0.25) is 0 Å². The molecule has 0 radical (unpaired) electrons. The van der Waals surface area contributed by atoms with Crippen LogP contribution in [-0.2, 0) is 16.6 Å². The van der Waals surface area contributed by atoms with E-state index >= 15 is 0 Å². The van der Waals surface area contributed by atoms with Crippen LogP contribution in [-0.4, -0.2) is 45.4 Å². The van der Waals surface area contributed by atoms with Gasteiger partial charge in [0.25, 0.3) is 5.91 Å². The normalized spacial score (nSPS) is 15.4. The van der Waals surface area contributed by atoms with Gasteiger partial charge in [0.05, 0.1) is 4.90 Å². The minimum atomic E-state index is -3.72. The van der Waals surface area contributed by atoms with Crippen molar-refractivity contribution in [2.45, 2.75) is 24.8 Å². The van der Waals surface area contributed by atoms with Crippen LogP contribution in [0.4, 0.5) is 0 Å². The highest BCUT2D eigenvalue weighted by Crippen LogP contribution is 2.19. The maximum Gasteiger partial charge on any atom is 0.253 e. The largest absolute Gasteiger partial charge is 0.337 e. The molecular formula is C20H25N3O3S. The Morgan fingerprint density at radius 3 is 2.67 bits per heavy atom. The van der Waals surface area contributed by atoms with E-state index in [1.54, 1.807) is 24.0 Å². The molecule has 0 saturated carbocycles. The van der Waals surface area contributed by atoms with Crippen LogP contribution < -0.4 is 10.0 Å². The molecule has 2 N–H and O–H groups in total. The molecule has 1 aliphatic rings. The zero-order valence-electron chi connectivity index (χ0n) is 15.4. The van der Waals surface area contributed by atoms with Gasteiger partial charge in [0, 0.05) is 31.7 Å². The van der Waals surface area contributed by atoms with Crippen molar-refractivity contribution in [2.75, 3.05) is 26.2 Å². The smallest absolute Gasteiger partial charge is 0.253 e. The van der Waals surface area contributed by atoms with Gasteiger partial charge in [-0.05, 0) is 43.1 Å². The highest BCUT2D eigenvalue weighted by atomic mass is 32.2.